The Morgan fingerprint density at radius 3 is 2.48 bits per heavy atom. The Labute approximate surface area is 122 Å². The van der Waals surface area contributed by atoms with Crippen molar-refractivity contribution >= 4 is 11.0 Å². The molecular formula is C18H16O3. The molecule has 21 heavy (non-hydrogen) atoms. The quantitative estimate of drug-likeness (QED) is 0.730. The van der Waals surface area contributed by atoms with E-state index in [0.717, 1.165) is 11.1 Å². The average Bonchev–Trinajstić information content (AvgIpc) is 2.47. The molecule has 0 aliphatic heterocycles. The first-order valence-electron chi connectivity index (χ1n) is 6.80. The summed E-state index contributed by atoms with van der Waals surface area (Å²) in [5.41, 5.74) is 4.64. The van der Waals surface area contributed by atoms with Crippen LogP contribution < -0.4 is 5.43 Å². The number of phenols is 1. The fourth-order valence-corrected chi connectivity index (χ4v) is 2.44. The lowest BCUT2D eigenvalue weighted by Gasteiger charge is -2.07. The Kier molecular flexibility index (Phi) is 3.05. The molecule has 1 N–H and O–H groups in total. The van der Waals surface area contributed by atoms with Gasteiger partial charge < -0.3 is 9.52 Å². The summed E-state index contributed by atoms with van der Waals surface area (Å²) in [7, 11) is 0. The minimum atomic E-state index is -0.0809. The number of rotatable bonds is 1. The molecule has 0 spiro atoms. The van der Waals surface area contributed by atoms with Crippen LogP contribution in [0.1, 0.15) is 16.7 Å². The van der Waals surface area contributed by atoms with E-state index in [9.17, 15) is 9.90 Å². The molecule has 3 heteroatoms. The highest BCUT2D eigenvalue weighted by molar-refractivity contribution is 5.85. The van der Waals surface area contributed by atoms with Crippen LogP contribution >= 0.6 is 0 Å². The lowest BCUT2D eigenvalue weighted by molar-refractivity contribution is 0.469. The Balaban J connectivity index is 2.30. The maximum Gasteiger partial charge on any atom is 0.200 e. The highest BCUT2D eigenvalue weighted by atomic mass is 16.3. The number of benzene rings is 2. The largest absolute Gasteiger partial charge is 0.508 e. The van der Waals surface area contributed by atoms with Crippen molar-refractivity contribution in [1.29, 1.82) is 0 Å². The number of phenolic OH excluding ortho intramolecular Hbond substituents is 1. The highest BCUT2D eigenvalue weighted by Gasteiger charge is 2.12. The first-order valence-corrected chi connectivity index (χ1v) is 6.80. The molecule has 3 nitrogen and oxygen atoms in total. The minimum Gasteiger partial charge on any atom is -0.508 e. The number of aryl methyl sites for hydroxylation is 3. The molecule has 0 saturated heterocycles. The predicted octanol–water partition coefficient (Wildman–Crippen LogP) is 4.09. The molecule has 1 aromatic heterocycles. The molecule has 0 aliphatic rings. The van der Waals surface area contributed by atoms with Crippen LogP contribution in [0.3, 0.4) is 0 Å². The van der Waals surface area contributed by atoms with Crippen LogP contribution in [-0.2, 0) is 0 Å². The highest BCUT2D eigenvalue weighted by Crippen LogP contribution is 2.27. The number of fused-ring (bicyclic) bond motifs is 1. The van der Waals surface area contributed by atoms with Gasteiger partial charge in [-0.3, -0.25) is 4.79 Å². The molecule has 0 atom stereocenters. The maximum absolute atomic E-state index is 12.6. The molecule has 0 amide bonds. The van der Waals surface area contributed by atoms with E-state index in [0.29, 0.717) is 22.1 Å². The van der Waals surface area contributed by atoms with Crippen LogP contribution in [0.4, 0.5) is 0 Å². The summed E-state index contributed by atoms with van der Waals surface area (Å²) in [6, 6.07) is 9.04. The molecule has 1 heterocycles. The zero-order valence-corrected chi connectivity index (χ0v) is 12.2. The molecule has 0 fully saturated rings. The molecule has 0 radical (unpaired) electrons. The fourth-order valence-electron chi connectivity index (χ4n) is 2.44. The summed E-state index contributed by atoms with van der Waals surface area (Å²) < 4.78 is 5.60. The van der Waals surface area contributed by atoms with E-state index < -0.39 is 0 Å². The van der Waals surface area contributed by atoms with Gasteiger partial charge in [0, 0.05) is 5.56 Å². The van der Waals surface area contributed by atoms with Crippen LogP contribution in [0.2, 0.25) is 0 Å². The third kappa shape index (κ3) is 2.11. The van der Waals surface area contributed by atoms with Gasteiger partial charge in [-0.05, 0) is 49.6 Å². The molecule has 3 aromatic rings. The smallest absolute Gasteiger partial charge is 0.200 e. The zero-order valence-electron chi connectivity index (χ0n) is 12.2. The van der Waals surface area contributed by atoms with Crippen molar-refractivity contribution in [3.05, 3.63) is 63.5 Å². The molecule has 3 rings (SSSR count). The number of hydrogen-bond acceptors (Lipinski definition) is 3. The Bertz CT molecular complexity index is 904. The van der Waals surface area contributed by atoms with Gasteiger partial charge in [-0.2, -0.15) is 0 Å². The molecule has 0 aliphatic carbocycles. The first-order chi connectivity index (χ1) is 9.99. The van der Waals surface area contributed by atoms with Crippen LogP contribution in [0.25, 0.3) is 22.1 Å². The lowest BCUT2D eigenvalue weighted by Crippen LogP contribution is -2.05. The fraction of sp³-hybridized carbons (Fsp3) is 0.167. The van der Waals surface area contributed by atoms with Gasteiger partial charge in [-0.25, -0.2) is 0 Å². The monoisotopic (exact) mass is 280 g/mol. The minimum absolute atomic E-state index is 0.0809. The molecule has 0 bridgehead atoms. The van der Waals surface area contributed by atoms with Crippen LogP contribution in [0.5, 0.6) is 5.75 Å². The second-order valence-electron chi connectivity index (χ2n) is 5.36. The van der Waals surface area contributed by atoms with Crippen LogP contribution in [-0.4, -0.2) is 5.11 Å². The summed E-state index contributed by atoms with van der Waals surface area (Å²) in [5, 5.41) is 10.2. The summed E-state index contributed by atoms with van der Waals surface area (Å²) in [6.07, 6.45) is 1.47. The Morgan fingerprint density at radius 2 is 1.76 bits per heavy atom. The number of hydrogen-bond donors (Lipinski definition) is 1. The molecule has 0 unspecified atom stereocenters. The van der Waals surface area contributed by atoms with E-state index >= 15 is 0 Å². The summed E-state index contributed by atoms with van der Waals surface area (Å²) >= 11 is 0. The van der Waals surface area contributed by atoms with E-state index in [2.05, 4.69) is 0 Å². The van der Waals surface area contributed by atoms with Crippen molar-refractivity contribution < 1.29 is 9.52 Å². The van der Waals surface area contributed by atoms with Crippen molar-refractivity contribution in [1.82, 2.24) is 0 Å². The third-order valence-electron chi connectivity index (χ3n) is 3.98. The van der Waals surface area contributed by atoms with Gasteiger partial charge >= 0.3 is 0 Å². The van der Waals surface area contributed by atoms with Gasteiger partial charge in [0.05, 0.1) is 10.9 Å². The van der Waals surface area contributed by atoms with Crippen LogP contribution in [0.15, 0.2) is 45.8 Å². The van der Waals surface area contributed by atoms with E-state index in [-0.39, 0.29) is 11.2 Å². The summed E-state index contributed by atoms with van der Waals surface area (Å²) in [5.74, 6) is 0.129. The average molecular weight is 280 g/mol. The second kappa shape index (κ2) is 4.77. The van der Waals surface area contributed by atoms with Gasteiger partial charge in [0.1, 0.15) is 17.6 Å². The van der Waals surface area contributed by atoms with Gasteiger partial charge in [-0.15, -0.1) is 0 Å². The van der Waals surface area contributed by atoms with Gasteiger partial charge in [0.25, 0.3) is 0 Å². The van der Waals surface area contributed by atoms with E-state index in [1.165, 1.54) is 17.9 Å². The third-order valence-corrected chi connectivity index (χ3v) is 3.98. The summed E-state index contributed by atoms with van der Waals surface area (Å²) in [4.78, 5) is 12.6. The topological polar surface area (TPSA) is 50.4 Å². The lowest BCUT2D eigenvalue weighted by atomic mass is 10.00. The van der Waals surface area contributed by atoms with Crippen molar-refractivity contribution in [2.75, 3.05) is 0 Å². The van der Waals surface area contributed by atoms with Crippen molar-refractivity contribution in [2.24, 2.45) is 0 Å². The van der Waals surface area contributed by atoms with Gasteiger partial charge in [0.2, 0.25) is 5.43 Å². The molecular weight excluding hydrogens is 264 g/mol. The van der Waals surface area contributed by atoms with E-state index in [1.807, 2.05) is 32.0 Å². The molecule has 2 aromatic carbocycles. The van der Waals surface area contributed by atoms with Crippen LogP contribution in [0, 0.1) is 20.8 Å². The number of aromatic hydroxyl groups is 1. The molecule has 106 valence electrons. The van der Waals surface area contributed by atoms with E-state index in [4.69, 9.17) is 4.42 Å². The maximum atomic E-state index is 12.6. The summed E-state index contributed by atoms with van der Waals surface area (Å²) in [6.45, 7) is 5.79. The SMILES string of the molecule is Cc1ccc(-c2coc3c(C)c(O)ccc3c2=O)cc1C. The van der Waals surface area contributed by atoms with Crippen molar-refractivity contribution in [3.63, 3.8) is 0 Å². The second-order valence-corrected chi connectivity index (χ2v) is 5.36. The van der Waals surface area contributed by atoms with Crippen molar-refractivity contribution in [3.8, 4) is 16.9 Å². The van der Waals surface area contributed by atoms with Gasteiger partial charge in [0.15, 0.2) is 0 Å². The van der Waals surface area contributed by atoms with Gasteiger partial charge in [-0.1, -0.05) is 18.2 Å². The Morgan fingerprint density at radius 1 is 1.00 bits per heavy atom. The van der Waals surface area contributed by atoms with E-state index in [1.54, 1.807) is 13.0 Å². The predicted molar refractivity (Wildman–Crippen MR) is 83.8 cm³/mol. The molecule has 0 saturated carbocycles. The first kappa shape index (κ1) is 13.4. The zero-order chi connectivity index (χ0) is 15.1. The normalized spacial score (nSPS) is 11.0. The Hall–Kier alpha value is -2.55. The van der Waals surface area contributed by atoms with Crippen molar-refractivity contribution in [2.45, 2.75) is 20.8 Å². The standard InChI is InChI=1S/C18H16O3/c1-10-4-5-13(8-11(10)2)15-9-21-18-12(3)16(19)7-6-14(18)17(15)20/h4-9,19H,1-3H3.